The third kappa shape index (κ3) is 3.96. The summed E-state index contributed by atoms with van der Waals surface area (Å²) in [6, 6.07) is 19.9. The molecule has 0 aliphatic carbocycles. The highest BCUT2D eigenvalue weighted by Crippen LogP contribution is 2.27. The van der Waals surface area contributed by atoms with Crippen LogP contribution in [-0.2, 0) is 0 Å². The fourth-order valence-corrected chi connectivity index (χ4v) is 2.40. The van der Waals surface area contributed by atoms with Gasteiger partial charge in [0.25, 0.3) is 5.91 Å². The molecular formula is C18H13BrN2O2. The number of ether oxygens (including phenoxy) is 1. The predicted molar refractivity (Wildman–Crippen MR) is 92.8 cm³/mol. The van der Waals surface area contributed by atoms with Crippen LogP contribution >= 0.6 is 15.9 Å². The average molecular weight is 369 g/mol. The Morgan fingerprint density at radius 2 is 1.83 bits per heavy atom. The zero-order chi connectivity index (χ0) is 16.1. The summed E-state index contributed by atoms with van der Waals surface area (Å²) < 4.78 is 6.75. The molecule has 0 unspecified atom stereocenters. The van der Waals surface area contributed by atoms with Crippen molar-refractivity contribution in [2.45, 2.75) is 0 Å². The van der Waals surface area contributed by atoms with E-state index in [-0.39, 0.29) is 5.91 Å². The van der Waals surface area contributed by atoms with E-state index in [4.69, 9.17) is 4.74 Å². The quantitative estimate of drug-likeness (QED) is 0.713. The largest absolute Gasteiger partial charge is 0.456 e. The number of hydrogen-bond acceptors (Lipinski definition) is 3. The molecule has 3 rings (SSSR count). The van der Waals surface area contributed by atoms with Gasteiger partial charge >= 0.3 is 0 Å². The predicted octanol–water partition coefficient (Wildman–Crippen LogP) is 4.89. The maximum Gasteiger partial charge on any atom is 0.260 e. The summed E-state index contributed by atoms with van der Waals surface area (Å²) in [6.45, 7) is 0. The van der Waals surface area contributed by atoms with Crippen LogP contribution < -0.4 is 10.1 Å². The molecular weight excluding hydrogens is 356 g/mol. The molecule has 1 N–H and O–H groups in total. The lowest BCUT2D eigenvalue weighted by atomic mass is 10.2. The van der Waals surface area contributed by atoms with Crippen LogP contribution in [0.2, 0.25) is 0 Å². The SMILES string of the molecule is O=C(Nc1ccccn1)c1ccccc1Oc1cccc(Br)c1. The van der Waals surface area contributed by atoms with E-state index in [0.29, 0.717) is 22.9 Å². The van der Waals surface area contributed by atoms with Gasteiger partial charge < -0.3 is 10.1 Å². The second kappa shape index (κ2) is 7.07. The summed E-state index contributed by atoms with van der Waals surface area (Å²) >= 11 is 3.40. The van der Waals surface area contributed by atoms with E-state index in [1.807, 2.05) is 36.4 Å². The summed E-state index contributed by atoms with van der Waals surface area (Å²) in [7, 11) is 0. The molecule has 0 spiro atoms. The molecule has 0 bridgehead atoms. The van der Waals surface area contributed by atoms with Crippen molar-refractivity contribution in [1.82, 2.24) is 4.98 Å². The van der Waals surface area contributed by atoms with Gasteiger partial charge in [0.15, 0.2) is 0 Å². The Labute approximate surface area is 142 Å². The van der Waals surface area contributed by atoms with Crippen LogP contribution in [0.1, 0.15) is 10.4 Å². The Kier molecular flexibility index (Phi) is 4.68. The van der Waals surface area contributed by atoms with Gasteiger partial charge in [-0.1, -0.05) is 40.2 Å². The van der Waals surface area contributed by atoms with Crippen molar-refractivity contribution in [3.8, 4) is 11.5 Å². The number of nitrogens with zero attached hydrogens (tertiary/aromatic N) is 1. The van der Waals surface area contributed by atoms with Crippen molar-refractivity contribution in [1.29, 1.82) is 0 Å². The van der Waals surface area contributed by atoms with Gasteiger partial charge in [-0.05, 0) is 42.5 Å². The molecule has 0 fully saturated rings. The lowest BCUT2D eigenvalue weighted by molar-refractivity contribution is 0.102. The molecule has 0 atom stereocenters. The minimum absolute atomic E-state index is 0.269. The van der Waals surface area contributed by atoms with Gasteiger partial charge in [-0.2, -0.15) is 0 Å². The lowest BCUT2D eigenvalue weighted by Gasteiger charge is -2.11. The van der Waals surface area contributed by atoms with E-state index in [1.165, 1.54) is 0 Å². The molecule has 0 aliphatic rings. The van der Waals surface area contributed by atoms with Crippen molar-refractivity contribution in [2.75, 3.05) is 5.32 Å². The zero-order valence-corrected chi connectivity index (χ0v) is 13.7. The minimum atomic E-state index is -0.269. The van der Waals surface area contributed by atoms with Gasteiger partial charge in [-0.25, -0.2) is 4.98 Å². The van der Waals surface area contributed by atoms with Crippen LogP contribution in [0.3, 0.4) is 0 Å². The molecule has 1 aromatic heterocycles. The molecule has 3 aromatic rings. The van der Waals surface area contributed by atoms with Crippen molar-refractivity contribution in [3.63, 3.8) is 0 Å². The number of halogens is 1. The molecule has 1 amide bonds. The van der Waals surface area contributed by atoms with E-state index in [2.05, 4.69) is 26.2 Å². The number of benzene rings is 2. The first-order valence-corrected chi connectivity index (χ1v) is 7.76. The van der Waals surface area contributed by atoms with Crippen molar-refractivity contribution in [2.24, 2.45) is 0 Å². The summed E-state index contributed by atoms with van der Waals surface area (Å²) in [5, 5.41) is 2.76. The average Bonchev–Trinajstić information content (AvgIpc) is 2.56. The Morgan fingerprint density at radius 1 is 1.00 bits per heavy atom. The molecule has 4 nitrogen and oxygen atoms in total. The lowest BCUT2D eigenvalue weighted by Crippen LogP contribution is -2.13. The Morgan fingerprint density at radius 3 is 2.61 bits per heavy atom. The first-order chi connectivity index (χ1) is 11.2. The highest BCUT2D eigenvalue weighted by molar-refractivity contribution is 9.10. The molecule has 114 valence electrons. The summed E-state index contributed by atoms with van der Waals surface area (Å²) in [5.74, 6) is 1.36. The number of rotatable bonds is 4. The van der Waals surface area contributed by atoms with Gasteiger partial charge in [0.1, 0.15) is 17.3 Å². The minimum Gasteiger partial charge on any atom is -0.456 e. The van der Waals surface area contributed by atoms with Crippen LogP contribution in [-0.4, -0.2) is 10.9 Å². The van der Waals surface area contributed by atoms with E-state index < -0.39 is 0 Å². The second-order valence-electron chi connectivity index (χ2n) is 4.72. The van der Waals surface area contributed by atoms with Crippen LogP contribution in [0.25, 0.3) is 0 Å². The third-order valence-electron chi connectivity index (χ3n) is 3.06. The number of hydrogen-bond donors (Lipinski definition) is 1. The maximum absolute atomic E-state index is 12.5. The number of aromatic nitrogens is 1. The number of carbonyl (C=O) groups is 1. The number of nitrogens with one attached hydrogen (secondary N) is 1. The molecule has 1 heterocycles. The molecule has 0 aliphatic heterocycles. The Hall–Kier alpha value is -2.66. The fourth-order valence-electron chi connectivity index (χ4n) is 2.02. The van der Waals surface area contributed by atoms with E-state index in [9.17, 15) is 4.79 Å². The highest BCUT2D eigenvalue weighted by Gasteiger charge is 2.13. The monoisotopic (exact) mass is 368 g/mol. The molecule has 0 radical (unpaired) electrons. The fraction of sp³-hybridized carbons (Fsp3) is 0. The standard InChI is InChI=1S/C18H13BrN2O2/c19-13-6-5-7-14(12-13)23-16-9-2-1-8-15(16)18(22)21-17-10-3-4-11-20-17/h1-12H,(H,20,21,22). The first-order valence-electron chi connectivity index (χ1n) is 6.97. The van der Waals surface area contributed by atoms with Crippen LogP contribution in [0.5, 0.6) is 11.5 Å². The van der Waals surface area contributed by atoms with E-state index in [0.717, 1.165) is 4.47 Å². The Bertz CT molecular complexity index is 822. The third-order valence-corrected chi connectivity index (χ3v) is 3.56. The van der Waals surface area contributed by atoms with Crippen LogP contribution in [0, 0.1) is 0 Å². The smallest absolute Gasteiger partial charge is 0.260 e. The maximum atomic E-state index is 12.5. The van der Waals surface area contributed by atoms with Crippen molar-refractivity contribution >= 4 is 27.7 Å². The van der Waals surface area contributed by atoms with Gasteiger partial charge in [-0.3, -0.25) is 4.79 Å². The molecule has 2 aromatic carbocycles. The van der Waals surface area contributed by atoms with Crippen LogP contribution in [0.15, 0.2) is 77.4 Å². The number of para-hydroxylation sites is 1. The van der Waals surface area contributed by atoms with E-state index >= 15 is 0 Å². The summed E-state index contributed by atoms with van der Waals surface area (Å²) in [5.41, 5.74) is 0.443. The Balaban J connectivity index is 1.84. The first kappa shape index (κ1) is 15.2. The topological polar surface area (TPSA) is 51.2 Å². The molecule has 0 saturated heterocycles. The highest BCUT2D eigenvalue weighted by atomic mass is 79.9. The normalized spacial score (nSPS) is 10.1. The molecule has 0 saturated carbocycles. The summed E-state index contributed by atoms with van der Waals surface area (Å²) in [4.78, 5) is 16.5. The van der Waals surface area contributed by atoms with Gasteiger partial charge in [0.2, 0.25) is 0 Å². The molecule has 5 heteroatoms. The number of pyridine rings is 1. The van der Waals surface area contributed by atoms with Crippen LogP contribution in [0.4, 0.5) is 5.82 Å². The number of carbonyl (C=O) groups excluding carboxylic acids is 1. The number of amides is 1. The van der Waals surface area contributed by atoms with Gasteiger partial charge in [0.05, 0.1) is 5.56 Å². The summed E-state index contributed by atoms with van der Waals surface area (Å²) in [6.07, 6.45) is 1.62. The van der Waals surface area contributed by atoms with E-state index in [1.54, 1.807) is 36.5 Å². The van der Waals surface area contributed by atoms with Gasteiger partial charge in [-0.15, -0.1) is 0 Å². The molecule has 23 heavy (non-hydrogen) atoms. The van der Waals surface area contributed by atoms with Crippen molar-refractivity contribution < 1.29 is 9.53 Å². The van der Waals surface area contributed by atoms with Gasteiger partial charge in [0, 0.05) is 10.7 Å². The second-order valence-corrected chi connectivity index (χ2v) is 5.64. The van der Waals surface area contributed by atoms with Crippen molar-refractivity contribution in [3.05, 3.63) is 83.0 Å². The zero-order valence-electron chi connectivity index (χ0n) is 12.1. The number of anilines is 1.